The maximum atomic E-state index is 5.96. The van der Waals surface area contributed by atoms with Crippen LogP contribution in [0.15, 0.2) is 24.3 Å². The van der Waals surface area contributed by atoms with Crippen molar-refractivity contribution in [3.63, 3.8) is 0 Å². The van der Waals surface area contributed by atoms with Crippen molar-refractivity contribution in [3.8, 4) is 17.6 Å². The first-order valence-corrected chi connectivity index (χ1v) is 7.10. The minimum absolute atomic E-state index is 0.0806. The highest BCUT2D eigenvalue weighted by molar-refractivity contribution is 6.30. The molecule has 2 atom stereocenters. The summed E-state index contributed by atoms with van der Waals surface area (Å²) >= 11 is 5.96. The maximum Gasteiger partial charge on any atom is 0.121 e. The molecule has 1 rings (SSSR count). The Morgan fingerprint density at radius 1 is 1.42 bits per heavy atom. The van der Waals surface area contributed by atoms with E-state index in [9.17, 15) is 0 Å². The number of likely N-dealkylation sites (N-methyl/N-ethyl adjacent to an activating group) is 1. The quantitative estimate of drug-likeness (QED) is 0.765. The van der Waals surface area contributed by atoms with E-state index in [1.807, 2.05) is 31.2 Å². The Morgan fingerprint density at radius 3 is 2.84 bits per heavy atom. The number of ether oxygens (including phenoxy) is 1. The predicted octanol–water partition coefficient (Wildman–Crippen LogP) is 3.89. The van der Waals surface area contributed by atoms with Gasteiger partial charge in [-0.2, -0.15) is 0 Å². The average molecular weight is 280 g/mol. The number of benzene rings is 1. The molecule has 0 saturated heterocycles. The molecular weight excluding hydrogens is 258 g/mol. The molecular formula is C16H22ClNO. The number of nitrogens with one attached hydrogen (secondary N) is 1. The molecule has 0 aliphatic carbocycles. The second-order valence-corrected chi connectivity index (χ2v) is 4.85. The van der Waals surface area contributed by atoms with Crippen molar-refractivity contribution in [2.75, 3.05) is 6.54 Å². The standard InChI is InChI=1S/C16H22ClNO/c1-4-6-7-11-16(18-5-2)13(3)19-15-10-8-9-14(17)12-15/h8-10,12-13,16,18H,5,7,11H2,1-3H3. The summed E-state index contributed by atoms with van der Waals surface area (Å²) in [4.78, 5) is 0. The SMILES string of the molecule is CC#CCCC(NCC)C(C)Oc1cccc(Cl)c1. The summed E-state index contributed by atoms with van der Waals surface area (Å²) < 4.78 is 5.95. The lowest BCUT2D eigenvalue weighted by Crippen LogP contribution is -2.41. The Bertz CT molecular complexity index is 436. The third kappa shape index (κ3) is 6.00. The predicted molar refractivity (Wildman–Crippen MR) is 81.7 cm³/mol. The highest BCUT2D eigenvalue weighted by atomic mass is 35.5. The Morgan fingerprint density at radius 2 is 2.21 bits per heavy atom. The third-order valence-electron chi connectivity index (χ3n) is 2.91. The summed E-state index contributed by atoms with van der Waals surface area (Å²) in [5, 5.41) is 4.15. The highest BCUT2D eigenvalue weighted by Crippen LogP contribution is 2.19. The molecule has 2 unspecified atom stereocenters. The van der Waals surface area contributed by atoms with E-state index >= 15 is 0 Å². The monoisotopic (exact) mass is 279 g/mol. The molecule has 0 fully saturated rings. The van der Waals surface area contributed by atoms with E-state index < -0.39 is 0 Å². The van der Waals surface area contributed by atoms with Crippen LogP contribution in [0.1, 0.15) is 33.6 Å². The van der Waals surface area contributed by atoms with E-state index in [0.717, 1.165) is 25.1 Å². The summed E-state index contributed by atoms with van der Waals surface area (Å²) in [7, 11) is 0. The average Bonchev–Trinajstić information content (AvgIpc) is 2.38. The largest absolute Gasteiger partial charge is 0.489 e. The van der Waals surface area contributed by atoms with Gasteiger partial charge in [0.15, 0.2) is 0 Å². The molecule has 0 heterocycles. The molecule has 104 valence electrons. The van der Waals surface area contributed by atoms with Crippen LogP contribution in [0.5, 0.6) is 5.75 Å². The van der Waals surface area contributed by atoms with E-state index in [1.54, 1.807) is 0 Å². The van der Waals surface area contributed by atoms with Crippen molar-refractivity contribution < 1.29 is 4.74 Å². The zero-order chi connectivity index (χ0) is 14.1. The summed E-state index contributed by atoms with van der Waals surface area (Å²) in [5.74, 6) is 6.83. The normalized spacial score (nSPS) is 13.3. The molecule has 0 spiro atoms. The first-order chi connectivity index (χ1) is 9.17. The minimum Gasteiger partial charge on any atom is -0.489 e. The van der Waals surface area contributed by atoms with Crippen LogP contribution >= 0.6 is 11.6 Å². The van der Waals surface area contributed by atoms with Crippen LogP contribution in [-0.2, 0) is 0 Å². The fourth-order valence-electron chi connectivity index (χ4n) is 1.95. The van der Waals surface area contributed by atoms with Crippen LogP contribution in [0, 0.1) is 11.8 Å². The fraction of sp³-hybridized carbons (Fsp3) is 0.500. The van der Waals surface area contributed by atoms with Crippen molar-refractivity contribution >= 4 is 11.6 Å². The Kier molecular flexibility index (Phi) is 7.40. The van der Waals surface area contributed by atoms with Gasteiger partial charge in [0, 0.05) is 17.5 Å². The highest BCUT2D eigenvalue weighted by Gasteiger charge is 2.17. The zero-order valence-corrected chi connectivity index (χ0v) is 12.6. The van der Waals surface area contributed by atoms with Gasteiger partial charge in [0.1, 0.15) is 11.9 Å². The van der Waals surface area contributed by atoms with Crippen LogP contribution < -0.4 is 10.1 Å². The van der Waals surface area contributed by atoms with Crippen molar-refractivity contribution in [1.29, 1.82) is 0 Å². The Balaban J connectivity index is 2.59. The first kappa shape index (κ1) is 15.9. The van der Waals surface area contributed by atoms with Crippen molar-refractivity contribution in [2.24, 2.45) is 0 Å². The van der Waals surface area contributed by atoms with Crippen LogP contribution in [0.25, 0.3) is 0 Å². The van der Waals surface area contributed by atoms with E-state index in [1.165, 1.54) is 0 Å². The van der Waals surface area contributed by atoms with Crippen molar-refractivity contribution in [2.45, 2.75) is 45.8 Å². The fourth-order valence-corrected chi connectivity index (χ4v) is 2.13. The van der Waals surface area contributed by atoms with Gasteiger partial charge < -0.3 is 10.1 Å². The topological polar surface area (TPSA) is 21.3 Å². The van der Waals surface area contributed by atoms with Gasteiger partial charge in [0.2, 0.25) is 0 Å². The number of halogens is 1. The molecule has 0 aliphatic heterocycles. The summed E-state index contributed by atoms with van der Waals surface area (Å²) in [6.45, 7) is 6.97. The summed E-state index contributed by atoms with van der Waals surface area (Å²) in [5.41, 5.74) is 0. The lowest BCUT2D eigenvalue weighted by atomic mass is 10.1. The Labute approximate surface area is 121 Å². The van der Waals surface area contributed by atoms with Crippen LogP contribution in [0.2, 0.25) is 5.02 Å². The van der Waals surface area contributed by atoms with E-state index in [-0.39, 0.29) is 6.10 Å². The molecule has 1 N–H and O–H groups in total. The lowest BCUT2D eigenvalue weighted by molar-refractivity contribution is 0.166. The molecule has 0 radical (unpaired) electrons. The third-order valence-corrected chi connectivity index (χ3v) is 3.14. The zero-order valence-electron chi connectivity index (χ0n) is 11.9. The van der Waals surface area contributed by atoms with Crippen molar-refractivity contribution in [3.05, 3.63) is 29.3 Å². The van der Waals surface area contributed by atoms with Crippen molar-refractivity contribution in [1.82, 2.24) is 5.32 Å². The molecule has 19 heavy (non-hydrogen) atoms. The summed E-state index contributed by atoms with van der Waals surface area (Å²) in [6, 6.07) is 7.81. The lowest BCUT2D eigenvalue weighted by Gasteiger charge is -2.25. The van der Waals surface area contributed by atoms with Gasteiger partial charge in [-0.1, -0.05) is 24.6 Å². The minimum atomic E-state index is 0.0806. The van der Waals surface area contributed by atoms with Gasteiger partial charge in [0.25, 0.3) is 0 Å². The van der Waals surface area contributed by atoms with Gasteiger partial charge in [-0.3, -0.25) is 0 Å². The smallest absolute Gasteiger partial charge is 0.121 e. The molecule has 2 nitrogen and oxygen atoms in total. The van der Waals surface area contributed by atoms with Gasteiger partial charge >= 0.3 is 0 Å². The summed E-state index contributed by atoms with van der Waals surface area (Å²) in [6.07, 6.45) is 1.95. The van der Waals surface area contributed by atoms with Crippen LogP contribution in [-0.4, -0.2) is 18.7 Å². The van der Waals surface area contributed by atoms with E-state index in [4.69, 9.17) is 16.3 Å². The number of hydrogen-bond acceptors (Lipinski definition) is 2. The molecule has 0 saturated carbocycles. The Hall–Kier alpha value is -1.17. The molecule has 1 aromatic carbocycles. The van der Waals surface area contributed by atoms with E-state index in [0.29, 0.717) is 11.1 Å². The number of hydrogen-bond donors (Lipinski definition) is 1. The second-order valence-electron chi connectivity index (χ2n) is 4.41. The molecule has 1 aromatic rings. The molecule has 3 heteroatoms. The molecule has 0 bridgehead atoms. The second kappa shape index (κ2) is 8.85. The van der Waals surface area contributed by atoms with Gasteiger partial charge in [-0.05, 0) is 45.0 Å². The number of rotatable bonds is 7. The van der Waals surface area contributed by atoms with Gasteiger partial charge in [-0.15, -0.1) is 11.8 Å². The van der Waals surface area contributed by atoms with Crippen LogP contribution in [0.4, 0.5) is 0 Å². The van der Waals surface area contributed by atoms with Crippen LogP contribution in [0.3, 0.4) is 0 Å². The van der Waals surface area contributed by atoms with Gasteiger partial charge in [-0.25, -0.2) is 0 Å². The first-order valence-electron chi connectivity index (χ1n) is 6.72. The van der Waals surface area contributed by atoms with E-state index in [2.05, 4.69) is 31.0 Å². The molecule has 0 aliphatic rings. The maximum absolute atomic E-state index is 5.96. The van der Waals surface area contributed by atoms with Gasteiger partial charge in [0.05, 0.1) is 0 Å². The molecule has 0 amide bonds. The molecule has 0 aromatic heterocycles.